The summed E-state index contributed by atoms with van der Waals surface area (Å²) < 4.78 is 34.2. The van der Waals surface area contributed by atoms with Crippen molar-refractivity contribution in [3.63, 3.8) is 0 Å². The summed E-state index contributed by atoms with van der Waals surface area (Å²) in [6.45, 7) is 5.89. The molecule has 2 aliphatic heterocycles. The summed E-state index contributed by atoms with van der Waals surface area (Å²) in [7, 11) is -2.62. The first-order valence-electron chi connectivity index (χ1n) is 10.4. The average Bonchev–Trinajstić information content (AvgIpc) is 3.22. The lowest BCUT2D eigenvalue weighted by Crippen LogP contribution is -2.31. The number of carbonyl (C=O) groups is 2. The van der Waals surface area contributed by atoms with Crippen LogP contribution in [0.4, 0.5) is 0 Å². The van der Waals surface area contributed by atoms with Gasteiger partial charge < -0.3 is 14.4 Å². The lowest BCUT2D eigenvalue weighted by Gasteiger charge is -2.24. The lowest BCUT2D eigenvalue weighted by atomic mass is 10.1. The van der Waals surface area contributed by atoms with Gasteiger partial charge in [0.05, 0.1) is 34.1 Å². The Balaban J connectivity index is 1.85. The summed E-state index contributed by atoms with van der Waals surface area (Å²) in [6.07, 6.45) is 2.99. The molecule has 1 amide bonds. The number of aromatic nitrogens is 2. The molecule has 1 atom stereocenters. The molecular weight excluding hydrogens is 346 g/mol. The Hall–Kier alpha value is -2.83. The Morgan fingerprint density at radius 2 is 2.19 bits per heavy atom. The monoisotopic (exact) mass is 372 g/mol. The molecule has 1 saturated heterocycles. The zero-order valence-electron chi connectivity index (χ0n) is 18.5. The van der Waals surface area contributed by atoms with Crippen molar-refractivity contribution in [2.45, 2.75) is 45.3 Å². The Kier molecular flexibility index (Phi) is 3.23. The normalized spacial score (nSPS) is 20.6. The minimum absolute atomic E-state index is 0.0776. The van der Waals surface area contributed by atoms with Crippen molar-refractivity contribution in [3.05, 3.63) is 41.5 Å². The molecule has 0 N–H and O–H groups in total. The Morgan fingerprint density at radius 3 is 2.93 bits per heavy atom. The van der Waals surface area contributed by atoms with E-state index in [9.17, 15) is 9.59 Å². The zero-order valence-corrected chi connectivity index (χ0v) is 15.5. The fourth-order valence-corrected chi connectivity index (χ4v) is 3.76. The summed E-state index contributed by atoms with van der Waals surface area (Å²) in [5.41, 5.74) is 0.937. The van der Waals surface area contributed by atoms with Crippen molar-refractivity contribution in [1.29, 1.82) is 0 Å². The molecule has 0 aliphatic carbocycles. The van der Waals surface area contributed by atoms with Crippen LogP contribution in [-0.4, -0.2) is 45.5 Å². The molecule has 0 bridgehead atoms. The molecule has 0 saturated carbocycles. The molecular formula is C20H23N3O4. The van der Waals surface area contributed by atoms with E-state index in [-0.39, 0.29) is 23.4 Å². The molecule has 0 unspecified atom stereocenters. The van der Waals surface area contributed by atoms with Gasteiger partial charge in [0.15, 0.2) is 5.69 Å². The van der Waals surface area contributed by atoms with Gasteiger partial charge >= 0.3 is 5.97 Å². The molecule has 7 heteroatoms. The minimum Gasteiger partial charge on any atom is -0.497 e. The molecule has 0 spiro atoms. The zero-order chi connectivity index (χ0) is 21.8. The smallest absolute Gasteiger partial charge is 0.359 e. The van der Waals surface area contributed by atoms with E-state index in [0.29, 0.717) is 29.9 Å². The Bertz CT molecular complexity index is 1020. The van der Waals surface area contributed by atoms with Crippen LogP contribution in [0, 0.1) is 0 Å². The van der Waals surface area contributed by atoms with E-state index in [0.717, 1.165) is 6.42 Å². The van der Waals surface area contributed by atoms with Crippen molar-refractivity contribution in [2.24, 2.45) is 0 Å². The standard InChI is InChI=1S/C20H23N3O4/c1-20(2,3)27-19(25)16-17-15-6-5-9-22(15)18(24)13-10-12(26-4)7-8-14(13)23(17)11-21-16/h7-8,10-11,15H,5-6,9H2,1-4H3/t15-/m0/s1/i4D3. The highest BCUT2D eigenvalue weighted by Crippen LogP contribution is 2.40. The Labute approximate surface area is 162 Å². The molecule has 2 aromatic rings. The first kappa shape index (κ1) is 14.3. The van der Waals surface area contributed by atoms with Crippen LogP contribution >= 0.6 is 0 Å². The maximum absolute atomic E-state index is 13.3. The van der Waals surface area contributed by atoms with Crippen molar-refractivity contribution >= 4 is 11.9 Å². The van der Waals surface area contributed by atoms with Gasteiger partial charge in [-0.05, 0) is 51.8 Å². The molecule has 0 radical (unpaired) electrons. The van der Waals surface area contributed by atoms with E-state index in [1.807, 2.05) is 0 Å². The number of fused-ring (bicyclic) bond motifs is 5. The predicted molar refractivity (Wildman–Crippen MR) is 98.3 cm³/mol. The SMILES string of the molecule is [2H]C([2H])([2H])Oc1ccc2c(c1)C(=O)N1CCC[C@H]1c1c(C(=O)OC(C)(C)C)ncn1-2. The number of esters is 1. The topological polar surface area (TPSA) is 73.7 Å². The maximum Gasteiger partial charge on any atom is 0.359 e. The lowest BCUT2D eigenvalue weighted by molar-refractivity contribution is 0.00596. The summed E-state index contributed by atoms with van der Waals surface area (Å²) in [4.78, 5) is 32.1. The van der Waals surface area contributed by atoms with Gasteiger partial charge in [-0.3, -0.25) is 9.36 Å². The molecule has 2 aliphatic rings. The van der Waals surface area contributed by atoms with Crippen LogP contribution in [0.25, 0.3) is 5.69 Å². The van der Waals surface area contributed by atoms with E-state index in [1.54, 1.807) is 36.3 Å². The number of imidazole rings is 1. The number of hydrogen-bond acceptors (Lipinski definition) is 5. The second kappa shape index (κ2) is 6.11. The van der Waals surface area contributed by atoms with Gasteiger partial charge in [0, 0.05) is 6.54 Å². The highest BCUT2D eigenvalue weighted by molar-refractivity contribution is 6.00. The van der Waals surface area contributed by atoms with Gasteiger partial charge in [-0.1, -0.05) is 0 Å². The first-order valence-corrected chi connectivity index (χ1v) is 8.89. The van der Waals surface area contributed by atoms with Crippen LogP contribution in [0.15, 0.2) is 24.5 Å². The number of methoxy groups -OCH3 is 1. The van der Waals surface area contributed by atoms with Gasteiger partial charge in [0.1, 0.15) is 17.7 Å². The van der Waals surface area contributed by atoms with Gasteiger partial charge in [-0.15, -0.1) is 0 Å². The van der Waals surface area contributed by atoms with Crippen molar-refractivity contribution in [3.8, 4) is 11.4 Å². The number of ether oxygens (including phenoxy) is 2. The van der Waals surface area contributed by atoms with Crippen LogP contribution in [0.1, 0.15) is 70.3 Å². The highest BCUT2D eigenvalue weighted by Gasteiger charge is 2.40. The molecule has 7 nitrogen and oxygen atoms in total. The fraction of sp³-hybridized carbons (Fsp3) is 0.450. The molecule has 1 fully saturated rings. The fourth-order valence-electron chi connectivity index (χ4n) is 3.76. The number of rotatable bonds is 2. The van der Waals surface area contributed by atoms with Crippen LogP contribution in [0.2, 0.25) is 0 Å². The second-order valence-corrected chi connectivity index (χ2v) is 7.79. The average molecular weight is 372 g/mol. The van der Waals surface area contributed by atoms with E-state index < -0.39 is 18.6 Å². The minimum atomic E-state index is -2.62. The largest absolute Gasteiger partial charge is 0.497 e. The third-order valence-corrected chi connectivity index (χ3v) is 4.80. The molecule has 27 heavy (non-hydrogen) atoms. The second-order valence-electron chi connectivity index (χ2n) is 7.79. The summed E-state index contributed by atoms with van der Waals surface area (Å²) >= 11 is 0. The third-order valence-electron chi connectivity index (χ3n) is 4.80. The Morgan fingerprint density at radius 1 is 1.37 bits per heavy atom. The molecule has 1 aromatic carbocycles. The van der Waals surface area contributed by atoms with Crippen LogP contribution in [0.5, 0.6) is 5.75 Å². The number of carbonyl (C=O) groups excluding carboxylic acids is 2. The number of nitrogens with zero attached hydrogens (tertiary/aromatic N) is 3. The van der Waals surface area contributed by atoms with Crippen molar-refractivity contribution in [1.82, 2.24) is 14.5 Å². The van der Waals surface area contributed by atoms with Crippen LogP contribution in [-0.2, 0) is 4.74 Å². The van der Waals surface area contributed by atoms with E-state index >= 15 is 0 Å². The van der Waals surface area contributed by atoms with Gasteiger partial charge in [-0.25, -0.2) is 9.78 Å². The van der Waals surface area contributed by atoms with Gasteiger partial charge in [-0.2, -0.15) is 0 Å². The highest BCUT2D eigenvalue weighted by atomic mass is 16.6. The third kappa shape index (κ3) is 2.87. The molecule has 4 rings (SSSR count). The van der Waals surface area contributed by atoms with E-state index in [4.69, 9.17) is 13.6 Å². The summed E-state index contributed by atoms with van der Waals surface area (Å²) in [5, 5.41) is 0. The molecule has 142 valence electrons. The number of benzene rings is 1. The van der Waals surface area contributed by atoms with Crippen LogP contribution in [0.3, 0.4) is 0 Å². The maximum atomic E-state index is 13.3. The number of amides is 1. The summed E-state index contributed by atoms with van der Waals surface area (Å²) in [5.74, 6) is -0.697. The predicted octanol–water partition coefficient (Wildman–Crippen LogP) is 3.13. The number of hydrogen-bond donors (Lipinski definition) is 0. The first-order chi connectivity index (χ1) is 13.9. The van der Waals surface area contributed by atoms with Gasteiger partial charge in [0.2, 0.25) is 0 Å². The van der Waals surface area contributed by atoms with E-state index in [2.05, 4.69) is 4.98 Å². The van der Waals surface area contributed by atoms with Crippen molar-refractivity contribution in [2.75, 3.05) is 13.6 Å². The molecule has 3 heterocycles. The van der Waals surface area contributed by atoms with E-state index in [1.165, 1.54) is 18.5 Å². The van der Waals surface area contributed by atoms with Gasteiger partial charge in [0.25, 0.3) is 5.91 Å². The summed E-state index contributed by atoms with van der Waals surface area (Å²) in [6, 6.07) is 4.22. The quantitative estimate of drug-likeness (QED) is 0.757. The van der Waals surface area contributed by atoms with Crippen LogP contribution < -0.4 is 4.74 Å². The molecule has 1 aromatic heterocycles. The van der Waals surface area contributed by atoms with Crippen molar-refractivity contribution < 1.29 is 23.2 Å².